The Morgan fingerprint density at radius 2 is 0.460 bits per heavy atom. The fourth-order valence-corrected chi connectivity index (χ4v) is 14.2. The van der Waals surface area contributed by atoms with E-state index in [1.807, 2.05) is 0 Å². The van der Waals surface area contributed by atoms with Crippen molar-refractivity contribution in [1.82, 2.24) is 0 Å². The van der Waals surface area contributed by atoms with Crippen LogP contribution in [0.25, 0.3) is 0 Å². The van der Waals surface area contributed by atoms with Crippen molar-refractivity contribution in [3.63, 3.8) is 0 Å². The largest absolute Gasteiger partial charge is 0.472 e. The monoisotopic (exact) mass is 1470 g/mol. The minimum absolute atomic E-state index is 0.106. The molecule has 594 valence electrons. The Balaban J connectivity index is 5.18. The van der Waals surface area contributed by atoms with E-state index >= 15 is 0 Å². The molecule has 0 rings (SSSR count). The fourth-order valence-electron chi connectivity index (χ4n) is 12.6. The Hall–Kier alpha value is -1.94. The first-order valence-corrected chi connectivity index (χ1v) is 45.1. The van der Waals surface area contributed by atoms with Crippen molar-refractivity contribution in [2.24, 2.45) is 5.92 Å². The van der Waals surface area contributed by atoms with Gasteiger partial charge in [-0.1, -0.05) is 381 Å². The summed E-state index contributed by atoms with van der Waals surface area (Å²) in [5.41, 5.74) is 0. The molecule has 0 aliphatic carbocycles. The van der Waals surface area contributed by atoms with E-state index in [1.165, 1.54) is 250 Å². The van der Waals surface area contributed by atoms with E-state index in [0.29, 0.717) is 31.6 Å². The SMILES string of the molecule is CCCCCCCCCCCCCCCCCCCCCCC(=O)OC[C@H](COP(=O)(O)OC[C@@H](O)COP(=O)(O)OC[C@@H](COC(=O)CCCCCCCCC(C)C)OC(=O)CCCCCCCCCCCCC)OC(=O)CCCCCCCCCCCCCCCCCCCCCC. The van der Waals surface area contributed by atoms with Crippen molar-refractivity contribution in [3.05, 3.63) is 0 Å². The number of aliphatic hydroxyl groups excluding tert-OH is 1. The van der Waals surface area contributed by atoms with Crippen LogP contribution in [0, 0.1) is 5.92 Å². The van der Waals surface area contributed by atoms with Crippen molar-refractivity contribution in [2.75, 3.05) is 39.6 Å². The molecule has 0 aliphatic rings. The third-order valence-electron chi connectivity index (χ3n) is 19.0. The van der Waals surface area contributed by atoms with Crippen LogP contribution >= 0.6 is 15.6 Å². The van der Waals surface area contributed by atoms with Gasteiger partial charge in [0.2, 0.25) is 0 Å². The van der Waals surface area contributed by atoms with E-state index in [4.69, 9.17) is 37.0 Å². The van der Waals surface area contributed by atoms with Gasteiger partial charge in [-0.15, -0.1) is 0 Å². The summed E-state index contributed by atoms with van der Waals surface area (Å²) in [5.74, 6) is -1.43. The van der Waals surface area contributed by atoms with E-state index in [0.717, 1.165) is 96.3 Å². The second kappa shape index (κ2) is 73.9. The van der Waals surface area contributed by atoms with Gasteiger partial charge in [0.1, 0.15) is 19.3 Å². The van der Waals surface area contributed by atoms with E-state index in [-0.39, 0.29) is 25.7 Å². The van der Waals surface area contributed by atoms with Gasteiger partial charge >= 0.3 is 39.5 Å². The highest BCUT2D eigenvalue weighted by Gasteiger charge is 2.30. The number of hydrogen-bond donors (Lipinski definition) is 3. The standard InChI is InChI=1S/C81H158O17P2/c1-6-9-12-15-18-21-24-26-28-30-32-34-36-38-40-43-45-48-54-59-64-78(83)91-70-76(97-81(86)67-62-57-50-47-44-41-39-37-35-33-31-29-27-25-22-19-16-13-10-7-2)72-95-99(87,88)93-68-75(82)69-94-100(89,90)96-73-77(71-92-79(84)65-60-55-52-51-53-58-63-74(4)5)98-80(85)66-61-56-49-46-42-23-20-17-14-11-8-3/h74-77,82H,6-73H2,1-5H3,(H,87,88)(H,89,90)/t75-,76-,77-/m1/s1. The fraction of sp³-hybridized carbons (Fsp3) is 0.951. The molecule has 17 nitrogen and oxygen atoms in total. The molecule has 2 unspecified atom stereocenters. The van der Waals surface area contributed by atoms with E-state index < -0.39 is 97.5 Å². The molecule has 100 heavy (non-hydrogen) atoms. The molecule has 0 amide bonds. The van der Waals surface area contributed by atoms with Crippen LogP contribution in [0.3, 0.4) is 0 Å². The Kier molecular flexibility index (Phi) is 72.5. The number of unbranched alkanes of at least 4 members (excludes halogenated alkanes) is 53. The van der Waals surface area contributed by atoms with Crippen LogP contribution in [0.5, 0.6) is 0 Å². The Morgan fingerprint density at radius 3 is 0.680 bits per heavy atom. The van der Waals surface area contributed by atoms with Crippen LogP contribution in [-0.4, -0.2) is 96.7 Å². The zero-order valence-corrected chi connectivity index (χ0v) is 67.1. The molecule has 0 aromatic carbocycles. The Morgan fingerprint density at radius 1 is 0.270 bits per heavy atom. The van der Waals surface area contributed by atoms with Crippen molar-refractivity contribution < 1.29 is 80.2 Å². The highest BCUT2D eigenvalue weighted by molar-refractivity contribution is 7.47. The van der Waals surface area contributed by atoms with Crippen LogP contribution in [0.4, 0.5) is 0 Å². The van der Waals surface area contributed by atoms with Crippen LogP contribution in [-0.2, 0) is 65.4 Å². The van der Waals surface area contributed by atoms with Crippen molar-refractivity contribution in [2.45, 2.75) is 451 Å². The first kappa shape index (κ1) is 98.1. The van der Waals surface area contributed by atoms with Gasteiger partial charge < -0.3 is 33.8 Å². The van der Waals surface area contributed by atoms with Gasteiger partial charge in [0.25, 0.3) is 0 Å². The molecule has 0 heterocycles. The van der Waals surface area contributed by atoms with E-state index in [1.54, 1.807) is 0 Å². The number of esters is 4. The summed E-state index contributed by atoms with van der Waals surface area (Å²) in [6.07, 6.45) is 65.6. The number of rotatable bonds is 81. The summed E-state index contributed by atoms with van der Waals surface area (Å²) in [7, 11) is -9.91. The van der Waals surface area contributed by atoms with Crippen LogP contribution in [0.15, 0.2) is 0 Å². The van der Waals surface area contributed by atoms with Gasteiger partial charge in [-0.2, -0.15) is 0 Å². The maximum atomic E-state index is 13.1. The molecule has 19 heteroatoms. The predicted molar refractivity (Wildman–Crippen MR) is 409 cm³/mol. The average molecular weight is 1470 g/mol. The minimum Gasteiger partial charge on any atom is -0.462 e. The lowest BCUT2D eigenvalue weighted by molar-refractivity contribution is -0.161. The molecule has 0 fully saturated rings. The quantitative estimate of drug-likeness (QED) is 0.0222. The molecule has 0 saturated heterocycles. The van der Waals surface area contributed by atoms with Crippen molar-refractivity contribution in [3.8, 4) is 0 Å². The smallest absolute Gasteiger partial charge is 0.462 e. The van der Waals surface area contributed by atoms with Gasteiger partial charge in [0.15, 0.2) is 12.2 Å². The Bertz CT molecular complexity index is 1910. The topological polar surface area (TPSA) is 237 Å². The predicted octanol–water partition coefficient (Wildman–Crippen LogP) is 24.4. The summed E-state index contributed by atoms with van der Waals surface area (Å²) < 4.78 is 68.6. The molecular formula is C81H158O17P2. The molecule has 0 spiro atoms. The third kappa shape index (κ3) is 74.3. The molecule has 0 radical (unpaired) electrons. The highest BCUT2D eigenvalue weighted by atomic mass is 31.2. The number of phosphoric ester groups is 2. The van der Waals surface area contributed by atoms with Gasteiger partial charge in [-0.3, -0.25) is 37.3 Å². The molecule has 0 aromatic heterocycles. The summed E-state index contributed by atoms with van der Waals surface area (Å²) in [4.78, 5) is 72.9. The number of hydrogen-bond acceptors (Lipinski definition) is 15. The van der Waals surface area contributed by atoms with Gasteiger partial charge in [0, 0.05) is 25.7 Å². The summed E-state index contributed by atoms with van der Waals surface area (Å²) >= 11 is 0. The zero-order chi connectivity index (χ0) is 73.4. The van der Waals surface area contributed by atoms with Gasteiger partial charge in [-0.25, -0.2) is 9.13 Å². The van der Waals surface area contributed by atoms with E-state index in [2.05, 4.69) is 34.6 Å². The first-order chi connectivity index (χ1) is 48.5. The summed E-state index contributed by atoms with van der Waals surface area (Å²) in [5, 5.41) is 10.6. The van der Waals surface area contributed by atoms with Crippen LogP contribution in [0.2, 0.25) is 0 Å². The molecular weight excluding hydrogens is 1310 g/mol. The zero-order valence-electron chi connectivity index (χ0n) is 65.3. The maximum Gasteiger partial charge on any atom is 0.472 e. The maximum absolute atomic E-state index is 13.1. The molecule has 0 aromatic rings. The van der Waals surface area contributed by atoms with Crippen LogP contribution < -0.4 is 0 Å². The molecule has 0 bridgehead atoms. The first-order valence-electron chi connectivity index (χ1n) is 42.1. The number of phosphoric acid groups is 2. The minimum atomic E-state index is -4.96. The van der Waals surface area contributed by atoms with Gasteiger partial charge in [-0.05, 0) is 31.6 Å². The number of aliphatic hydroxyl groups is 1. The molecule has 3 N–H and O–H groups in total. The number of carbonyl (C=O) groups excluding carboxylic acids is 4. The number of carbonyl (C=O) groups is 4. The normalized spacial score (nSPS) is 13.8. The van der Waals surface area contributed by atoms with Gasteiger partial charge in [0.05, 0.1) is 26.4 Å². The second-order valence-corrected chi connectivity index (χ2v) is 32.5. The van der Waals surface area contributed by atoms with Crippen molar-refractivity contribution in [1.29, 1.82) is 0 Å². The second-order valence-electron chi connectivity index (χ2n) is 29.6. The lowest BCUT2D eigenvalue weighted by Crippen LogP contribution is -2.30. The third-order valence-corrected chi connectivity index (χ3v) is 20.9. The average Bonchev–Trinajstić information content (AvgIpc) is 0.916. The summed E-state index contributed by atoms with van der Waals surface area (Å²) in [6, 6.07) is 0. The van der Waals surface area contributed by atoms with E-state index in [9.17, 15) is 43.2 Å². The lowest BCUT2D eigenvalue weighted by Gasteiger charge is -2.21. The molecule has 0 aliphatic heterocycles. The highest BCUT2D eigenvalue weighted by Crippen LogP contribution is 2.45. The van der Waals surface area contributed by atoms with Crippen LogP contribution in [0.1, 0.15) is 433 Å². The molecule has 0 saturated carbocycles. The molecule has 5 atom stereocenters. The summed E-state index contributed by atoms with van der Waals surface area (Å²) in [6.45, 7) is 7.23. The van der Waals surface area contributed by atoms with Crippen molar-refractivity contribution >= 4 is 39.5 Å². The number of ether oxygens (including phenoxy) is 4. The lowest BCUT2D eigenvalue weighted by atomic mass is 10.0. The Labute approximate surface area is 613 Å².